The van der Waals surface area contributed by atoms with E-state index in [2.05, 4.69) is 31.9 Å². The molecule has 14 heavy (non-hydrogen) atoms. The van der Waals surface area contributed by atoms with Crippen LogP contribution in [0.3, 0.4) is 0 Å². The molecule has 4 heteroatoms. The first kappa shape index (κ1) is 11.6. The lowest BCUT2D eigenvalue weighted by atomic mass is 10.1. The van der Waals surface area contributed by atoms with E-state index in [-0.39, 0.29) is 0 Å². The van der Waals surface area contributed by atoms with Crippen LogP contribution in [0.4, 0.5) is 8.78 Å². The van der Waals surface area contributed by atoms with E-state index >= 15 is 0 Å². The highest BCUT2D eigenvalue weighted by atomic mass is 79.9. The fourth-order valence-electron chi connectivity index (χ4n) is 0.940. The zero-order chi connectivity index (χ0) is 10.6. The lowest BCUT2D eigenvalue weighted by molar-refractivity contribution is 0.711. The number of rotatable bonds is 2. The molecule has 0 nitrogen and oxygen atoms in total. The maximum absolute atomic E-state index is 12.4. The minimum absolute atomic E-state index is 0.438. The SMILES string of the molecule is F/C(Br)=C\c1ccc(/C=C(\F)Br)cc1. The van der Waals surface area contributed by atoms with Crippen LogP contribution < -0.4 is 0 Å². The zero-order valence-corrected chi connectivity index (χ0v) is 10.1. The van der Waals surface area contributed by atoms with Gasteiger partial charge in [-0.1, -0.05) is 24.3 Å². The summed E-state index contributed by atoms with van der Waals surface area (Å²) >= 11 is 5.37. The van der Waals surface area contributed by atoms with E-state index in [9.17, 15) is 8.78 Å². The zero-order valence-electron chi connectivity index (χ0n) is 6.98. The standard InChI is InChI=1S/C10H6Br2F2/c11-9(13)5-7-1-2-8(4-3-7)6-10(12)14/h1-6H/b9-5-,10-6-. The Morgan fingerprint density at radius 3 is 1.36 bits per heavy atom. The third-order valence-electron chi connectivity index (χ3n) is 1.49. The third-order valence-corrected chi connectivity index (χ3v) is 1.95. The molecule has 0 aromatic heterocycles. The van der Waals surface area contributed by atoms with E-state index < -0.39 is 9.47 Å². The van der Waals surface area contributed by atoms with Crippen LogP contribution in [0.5, 0.6) is 0 Å². The molecule has 0 N–H and O–H groups in total. The molecule has 0 fully saturated rings. The first-order chi connectivity index (χ1) is 6.58. The van der Waals surface area contributed by atoms with E-state index in [1.165, 1.54) is 12.2 Å². The molecule has 0 atom stereocenters. The van der Waals surface area contributed by atoms with Crippen molar-refractivity contribution in [2.45, 2.75) is 0 Å². The molecule has 0 saturated carbocycles. The van der Waals surface area contributed by atoms with Gasteiger partial charge >= 0.3 is 0 Å². The van der Waals surface area contributed by atoms with Gasteiger partial charge in [-0.15, -0.1) is 0 Å². The lowest BCUT2D eigenvalue weighted by Crippen LogP contribution is -1.74. The van der Waals surface area contributed by atoms with Gasteiger partial charge in [0, 0.05) is 0 Å². The normalized spacial score (nSPS) is 13.1. The summed E-state index contributed by atoms with van der Waals surface area (Å²) in [5.74, 6) is 0. The van der Waals surface area contributed by atoms with Gasteiger partial charge in [-0.2, -0.15) is 8.78 Å². The predicted octanol–water partition coefficient (Wildman–Crippen LogP) is 5.01. The Hall–Kier alpha value is -0.480. The van der Waals surface area contributed by atoms with E-state index in [0.717, 1.165) is 0 Å². The Morgan fingerprint density at radius 1 is 0.857 bits per heavy atom. The minimum Gasteiger partial charge on any atom is -0.199 e. The van der Waals surface area contributed by atoms with Crippen LogP contribution in [0, 0.1) is 0 Å². The molecule has 0 aliphatic carbocycles. The van der Waals surface area contributed by atoms with Crippen LogP contribution in [0.1, 0.15) is 11.1 Å². The van der Waals surface area contributed by atoms with Crippen molar-refractivity contribution in [1.29, 1.82) is 0 Å². The van der Waals surface area contributed by atoms with Gasteiger partial charge in [0.15, 0.2) is 9.47 Å². The highest BCUT2D eigenvalue weighted by molar-refractivity contribution is 9.11. The summed E-state index contributed by atoms with van der Waals surface area (Å²) in [7, 11) is 0. The van der Waals surface area contributed by atoms with E-state index in [1.807, 2.05) is 0 Å². The van der Waals surface area contributed by atoms with Crippen LogP contribution >= 0.6 is 31.9 Å². The Kier molecular flexibility index (Phi) is 4.48. The molecule has 1 aromatic rings. The maximum atomic E-state index is 12.4. The van der Waals surface area contributed by atoms with Gasteiger partial charge in [0.1, 0.15) is 0 Å². The Bertz CT molecular complexity index is 321. The van der Waals surface area contributed by atoms with Crippen molar-refractivity contribution in [1.82, 2.24) is 0 Å². The Morgan fingerprint density at radius 2 is 1.14 bits per heavy atom. The molecule has 0 radical (unpaired) electrons. The average molecular weight is 324 g/mol. The second kappa shape index (κ2) is 5.41. The first-order valence-electron chi connectivity index (χ1n) is 3.73. The van der Waals surface area contributed by atoms with Crippen molar-refractivity contribution >= 4 is 44.0 Å². The third kappa shape index (κ3) is 4.15. The van der Waals surface area contributed by atoms with E-state index in [0.29, 0.717) is 11.1 Å². The van der Waals surface area contributed by atoms with Crippen molar-refractivity contribution in [3.8, 4) is 0 Å². The summed E-state index contributed by atoms with van der Waals surface area (Å²) in [6, 6.07) is 6.79. The summed E-state index contributed by atoms with van der Waals surface area (Å²) in [6.07, 6.45) is 2.66. The van der Waals surface area contributed by atoms with Crippen LogP contribution in [0.25, 0.3) is 12.2 Å². The first-order valence-corrected chi connectivity index (χ1v) is 5.32. The molecule has 0 aliphatic rings. The van der Waals surface area contributed by atoms with Gasteiger partial charge in [0.2, 0.25) is 0 Å². The molecule has 0 saturated heterocycles. The van der Waals surface area contributed by atoms with Gasteiger partial charge in [-0.25, -0.2) is 0 Å². The highest BCUT2D eigenvalue weighted by Gasteiger charge is 1.93. The van der Waals surface area contributed by atoms with Gasteiger partial charge in [-0.05, 0) is 55.1 Å². The number of benzene rings is 1. The van der Waals surface area contributed by atoms with Gasteiger partial charge in [0.05, 0.1) is 0 Å². The molecule has 1 rings (SSSR count). The minimum atomic E-state index is -0.438. The predicted molar refractivity (Wildman–Crippen MR) is 62.5 cm³/mol. The monoisotopic (exact) mass is 322 g/mol. The molecule has 0 unspecified atom stereocenters. The van der Waals surface area contributed by atoms with Gasteiger partial charge in [-0.3, -0.25) is 0 Å². The molecule has 0 spiro atoms. The lowest BCUT2D eigenvalue weighted by Gasteiger charge is -1.95. The van der Waals surface area contributed by atoms with Crippen LogP contribution in [0.15, 0.2) is 33.7 Å². The summed E-state index contributed by atoms with van der Waals surface area (Å²) in [5.41, 5.74) is 1.43. The fraction of sp³-hybridized carbons (Fsp3) is 0. The number of halogens is 4. The Balaban J connectivity index is 2.89. The van der Waals surface area contributed by atoms with Crippen molar-refractivity contribution in [3.05, 3.63) is 44.9 Å². The quantitative estimate of drug-likeness (QED) is 0.717. The second-order valence-corrected chi connectivity index (χ2v) is 4.05. The smallest absolute Gasteiger partial charge is 0.166 e. The van der Waals surface area contributed by atoms with Crippen LogP contribution in [-0.2, 0) is 0 Å². The number of hydrogen-bond donors (Lipinski definition) is 0. The Labute approximate surface area is 97.6 Å². The molecule has 1 aromatic carbocycles. The van der Waals surface area contributed by atoms with E-state index in [1.54, 1.807) is 24.3 Å². The molecule has 0 bridgehead atoms. The maximum Gasteiger partial charge on any atom is 0.166 e. The van der Waals surface area contributed by atoms with E-state index in [4.69, 9.17) is 0 Å². The molecule has 0 aliphatic heterocycles. The number of hydrogen-bond acceptors (Lipinski definition) is 0. The highest BCUT2D eigenvalue weighted by Crippen LogP contribution is 2.16. The van der Waals surface area contributed by atoms with Crippen molar-refractivity contribution in [3.63, 3.8) is 0 Å². The molecule has 0 heterocycles. The summed E-state index contributed by atoms with van der Waals surface area (Å²) in [6.45, 7) is 0. The summed E-state index contributed by atoms with van der Waals surface area (Å²) < 4.78 is 23.9. The van der Waals surface area contributed by atoms with Crippen molar-refractivity contribution in [2.75, 3.05) is 0 Å². The average Bonchev–Trinajstić information content (AvgIpc) is 2.06. The molecular weight excluding hydrogens is 318 g/mol. The largest absolute Gasteiger partial charge is 0.199 e. The van der Waals surface area contributed by atoms with Crippen LogP contribution in [0.2, 0.25) is 0 Å². The van der Waals surface area contributed by atoms with Crippen LogP contribution in [-0.4, -0.2) is 0 Å². The van der Waals surface area contributed by atoms with Crippen molar-refractivity contribution < 1.29 is 8.78 Å². The van der Waals surface area contributed by atoms with Gasteiger partial charge in [0.25, 0.3) is 0 Å². The molecule has 0 amide bonds. The topological polar surface area (TPSA) is 0 Å². The summed E-state index contributed by atoms with van der Waals surface area (Å²) in [5, 5.41) is 0. The fourth-order valence-corrected chi connectivity index (χ4v) is 1.47. The van der Waals surface area contributed by atoms with Gasteiger partial charge < -0.3 is 0 Å². The summed E-state index contributed by atoms with van der Waals surface area (Å²) in [4.78, 5) is 0. The van der Waals surface area contributed by atoms with Crippen molar-refractivity contribution in [2.24, 2.45) is 0 Å². The second-order valence-electron chi connectivity index (χ2n) is 2.53. The molecular formula is C10H6Br2F2. The molecule has 74 valence electrons.